The number of nitrogens with one attached hydrogen (secondary N) is 2. The summed E-state index contributed by atoms with van der Waals surface area (Å²) in [5.74, 6) is -0.579. The summed E-state index contributed by atoms with van der Waals surface area (Å²) in [6.07, 6.45) is -3.80. The minimum Gasteiger partial charge on any atom is -1.00 e. The largest absolute Gasteiger partial charge is 1.00 e. The van der Waals surface area contributed by atoms with E-state index >= 15 is 0 Å². The Bertz CT molecular complexity index is 692. The molecule has 0 unspecified atom stereocenters. The summed E-state index contributed by atoms with van der Waals surface area (Å²) in [7, 11) is 0. The Morgan fingerprint density at radius 1 is 1.18 bits per heavy atom. The number of carbonyl (C=O) groups excluding carboxylic acids is 1. The fraction of sp³-hybridized carbons (Fsp3) is 0.0769. The lowest BCUT2D eigenvalue weighted by molar-refractivity contribution is -0.364. The lowest BCUT2D eigenvalue weighted by Crippen LogP contribution is -3.00. The molecule has 118 valence electrons. The Labute approximate surface area is 139 Å². The number of alkyl halides is 3. The number of anilines is 1. The summed E-state index contributed by atoms with van der Waals surface area (Å²) >= 11 is 11.5. The van der Waals surface area contributed by atoms with Gasteiger partial charge in [0.1, 0.15) is 11.2 Å². The van der Waals surface area contributed by atoms with Gasteiger partial charge < -0.3 is 12.4 Å². The van der Waals surface area contributed by atoms with Crippen LogP contribution in [0.2, 0.25) is 10.0 Å². The number of hydrogen-bond acceptors (Lipinski definition) is 1. The number of aromatic amines is 1. The number of rotatable bonds is 2. The van der Waals surface area contributed by atoms with E-state index in [9.17, 15) is 18.0 Å². The number of amides is 1. The predicted octanol–water partition coefficient (Wildman–Crippen LogP) is 1.08. The van der Waals surface area contributed by atoms with Crippen molar-refractivity contribution < 1.29 is 35.4 Å². The first-order valence-electron chi connectivity index (χ1n) is 5.63. The number of pyridine rings is 1. The predicted molar refractivity (Wildman–Crippen MR) is 72.4 cm³/mol. The van der Waals surface area contributed by atoms with Crippen LogP contribution in [0.3, 0.4) is 0 Å². The summed E-state index contributed by atoms with van der Waals surface area (Å²) in [4.78, 5) is 14.2. The first-order chi connectivity index (χ1) is 9.77. The van der Waals surface area contributed by atoms with E-state index in [4.69, 9.17) is 23.2 Å². The van der Waals surface area contributed by atoms with Gasteiger partial charge in [-0.1, -0.05) is 29.3 Å². The molecule has 0 bridgehead atoms. The van der Waals surface area contributed by atoms with Gasteiger partial charge in [0.15, 0.2) is 0 Å². The summed E-state index contributed by atoms with van der Waals surface area (Å²) in [5, 5.41) is 2.50. The van der Waals surface area contributed by atoms with Crippen molar-refractivity contribution in [2.45, 2.75) is 6.18 Å². The van der Waals surface area contributed by atoms with Gasteiger partial charge in [-0.15, -0.1) is 0 Å². The van der Waals surface area contributed by atoms with Gasteiger partial charge in [-0.2, -0.15) is 13.2 Å². The standard InChI is InChI=1S/C13H7Cl2F3N2O.ClH/c14-9-3-1-2-7(4-9)12(21)20-11-10(15)5-8(6-19-11)13(16,17)18;/h1-6H,(H,19,20,21);1H. The highest BCUT2D eigenvalue weighted by Gasteiger charge is 2.33. The van der Waals surface area contributed by atoms with Crippen LogP contribution < -0.4 is 22.7 Å². The van der Waals surface area contributed by atoms with Gasteiger partial charge in [0, 0.05) is 5.02 Å². The van der Waals surface area contributed by atoms with Gasteiger partial charge >= 0.3 is 12.1 Å². The second kappa shape index (κ2) is 7.17. The van der Waals surface area contributed by atoms with Gasteiger partial charge in [-0.25, -0.2) is 15.1 Å². The van der Waals surface area contributed by atoms with Crippen molar-refractivity contribution >= 4 is 34.9 Å². The fourth-order valence-electron chi connectivity index (χ4n) is 1.54. The maximum Gasteiger partial charge on any atom is 0.419 e. The van der Waals surface area contributed by atoms with E-state index < -0.39 is 17.6 Å². The molecular weight excluding hydrogens is 364 g/mol. The van der Waals surface area contributed by atoms with Crippen molar-refractivity contribution in [3.05, 3.63) is 57.7 Å². The van der Waals surface area contributed by atoms with Gasteiger partial charge in [0.25, 0.3) is 5.82 Å². The molecule has 0 aliphatic heterocycles. The molecule has 0 saturated heterocycles. The molecule has 1 amide bonds. The van der Waals surface area contributed by atoms with Crippen LogP contribution in [-0.2, 0) is 6.18 Å². The maximum absolute atomic E-state index is 12.5. The van der Waals surface area contributed by atoms with Gasteiger partial charge in [-0.05, 0) is 24.3 Å². The van der Waals surface area contributed by atoms with Crippen molar-refractivity contribution in [1.29, 1.82) is 0 Å². The first-order valence-corrected chi connectivity index (χ1v) is 6.38. The Balaban J connectivity index is 0.00000242. The van der Waals surface area contributed by atoms with E-state index in [1.807, 2.05) is 0 Å². The number of benzene rings is 1. The van der Waals surface area contributed by atoms with Crippen molar-refractivity contribution in [1.82, 2.24) is 0 Å². The van der Waals surface area contributed by atoms with Crippen molar-refractivity contribution in [3.8, 4) is 0 Å². The lowest BCUT2D eigenvalue weighted by Gasteiger charge is -2.06. The van der Waals surface area contributed by atoms with E-state index in [1.54, 1.807) is 12.1 Å². The number of hydrogen-bond donors (Lipinski definition) is 1. The molecule has 9 heteroatoms. The zero-order valence-corrected chi connectivity index (χ0v) is 12.9. The molecule has 2 N–H and O–H groups in total. The van der Waals surface area contributed by atoms with Crippen LogP contribution in [0.15, 0.2) is 36.5 Å². The molecule has 2 rings (SSSR count). The topological polar surface area (TPSA) is 43.2 Å². The highest BCUT2D eigenvalue weighted by Crippen LogP contribution is 2.31. The van der Waals surface area contributed by atoms with Crippen LogP contribution >= 0.6 is 23.2 Å². The van der Waals surface area contributed by atoms with Crippen molar-refractivity contribution in [3.63, 3.8) is 0 Å². The molecule has 22 heavy (non-hydrogen) atoms. The Hall–Kier alpha value is -1.50. The molecule has 1 aromatic heterocycles. The van der Waals surface area contributed by atoms with E-state index in [1.165, 1.54) is 12.1 Å². The van der Waals surface area contributed by atoms with Crippen LogP contribution in [-0.4, -0.2) is 5.91 Å². The van der Waals surface area contributed by atoms with E-state index in [2.05, 4.69) is 10.3 Å². The third-order valence-electron chi connectivity index (χ3n) is 2.55. The molecule has 0 spiro atoms. The van der Waals surface area contributed by atoms with Gasteiger partial charge in [0.05, 0.1) is 11.1 Å². The third-order valence-corrected chi connectivity index (χ3v) is 3.08. The zero-order chi connectivity index (χ0) is 15.6. The second-order valence-electron chi connectivity index (χ2n) is 4.07. The maximum atomic E-state index is 12.5. The van der Waals surface area contributed by atoms with Gasteiger partial charge in [0.2, 0.25) is 0 Å². The lowest BCUT2D eigenvalue weighted by atomic mass is 10.2. The highest BCUT2D eigenvalue weighted by molar-refractivity contribution is 6.33. The molecule has 3 nitrogen and oxygen atoms in total. The Morgan fingerprint density at radius 3 is 2.41 bits per heavy atom. The average molecular weight is 372 g/mol. The average Bonchev–Trinajstić information content (AvgIpc) is 2.39. The molecule has 0 radical (unpaired) electrons. The molecule has 0 atom stereocenters. The normalized spacial score (nSPS) is 10.8. The molecule has 0 fully saturated rings. The summed E-state index contributed by atoms with van der Waals surface area (Å²) in [5.41, 5.74) is -0.680. The molecular formula is C13H8Cl3F3N2O. The first kappa shape index (κ1) is 18.5. The highest BCUT2D eigenvalue weighted by atomic mass is 35.5. The zero-order valence-electron chi connectivity index (χ0n) is 10.6. The van der Waals surface area contributed by atoms with Crippen molar-refractivity contribution in [2.75, 3.05) is 5.32 Å². The van der Waals surface area contributed by atoms with E-state index in [-0.39, 0.29) is 28.8 Å². The smallest absolute Gasteiger partial charge is 0.419 e. The Morgan fingerprint density at radius 2 is 1.86 bits per heavy atom. The number of H-pyrrole nitrogens is 1. The number of aromatic nitrogens is 1. The van der Waals surface area contributed by atoms with Gasteiger partial charge in [-0.3, -0.25) is 0 Å². The molecule has 0 saturated carbocycles. The third kappa shape index (κ3) is 4.50. The summed E-state index contributed by atoms with van der Waals surface area (Å²) in [6.45, 7) is 0. The fourth-order valence-corrected chi connectivity index (χ4v) is 1.95. The van der Waals surface area contributed by atoms with Crippen LogP contribution in [0.1, 0.15) is 15.9 Å². The molecule has 1 aromatic carbocycles. The molecule has 2 aromatic rings. The minimum atomic E-state index is -4.52. The molecule has 0 aliphatic carbocycles. The van der Waals surface area contributed by atoms with Crippen LogP contribution in [0.25, 0.3) is 0 Å². The van der Waals surface area contributed by atoms with E-state index in [0.29, 0.717) is 5.02 Å². The minimum absolute atomic E-state index is 0. The molecule has 0 aliphatic rings. The van der Waals surface area contributed by atoms with Crippen LogP contribution in [0.4, 0.5) is 19.0 Å². The van der Waals surface area contributed by atoms with E-state index in [0.717, 1.165) is 12.3 Å². The Kier molecular flexibility index (Phi) is 6.05. The monoisotopic (exact) mass is 370 g/mol. The van der Waals surface area contributed by atoms with Crippen LogP contribution in [0, 0.1) is 0 Å². The van der Waals surface area contributed by atoms with Crippen LogP contribution in [0.5, 0.6) is 0 Å². The summed E-state index contributed by atoms with van der Waals surface area (Å²) < 4.78 is 37.5. The molecule has 1 heterocycles. The second-order valence-corrected chi connectivity index (χ2v) is 4.92. The van der Waals surface area contributed by atoms with Crippen molar-refractivity contribution in [2.24, 2.45) is 0 Å². The SMILES string of the molecule is O=C(Nc1[nH+]cc(C(F)(F)F)cc1Cl)c1cccc(Cl)c1.[Cl-]. The summed E-state index contributed by atoms with van der Waals surface area (Å²) in [6, 6.07) is 6.84. The quantitative estimate of drug-likeness (QED) is 0.844. The number of carbonyl (C=O) groups is 1. The number of halogens is 6.